The lowest BCUT2D eigenvalue weighted by Gasteiger charge is -2.10. The maximum absolute atomic E-state index is 12.4. The molecule has 2 aromatic heterocycles. The number of aryl methyl sites for hydroxylation is 2. The van der Waals surface area contributed by atoms with Crippen LogP contribution >= 0.6 is 11.6 Å². The summed E-state index contributed by atoms with van der Waals surface area (Å²) >= 11 is 6.22. The van der Waals surface area contributed by atoms with Crippen molar-refractivity contribution >= 4 is 17.8 Å². The Kier molecular flexibility index (Phi) is 6.62. The number of carbonyl (C=O) groups excluding carboxylic acids is 2. The van der Waals surface area contributed by atoms with Crippen LogP contribution in [0.4, 0.5) is 8.78 Å². The first-order valence-electron chi connectivity index (χ1n) is 6.06. The lowest BCUT2D eigenvalue weighted by molar-refractivity contribution is -0.191. The molecule has 0 N–H and O–H groups in total. The lowest BCUT2D eigenvalue weighted by Crippen LogP contribution is -2.04. The summed E-state index contributed by atoms with van der Waals surface area (Å²) < 4.78 is 30.8. The fraction of sp³-hybridized carbons (Fsp3) is 0.308. The Morgan fingerprint density at radius 2 is 2.09 bits per heavy atom. The van der Waals surface area contributed by atoms with Gasteiger partial charge in [0.25, 0.3) is 0 Å². The Labute approximate surface area is 129 Å². The molecule has 0 saturated heterocycles. The summed E-state index contributed by atoms with van der Waals surface area (Å²) in [4.78, 5) is 20.2. The number of pyridine rings is 1. The topological polar surface area (TPSA) is 74.1 Å². The van der Waals surface area contributed by atoms with Crippen molar-refractivity contribution in [3.05, 3.63) is 29.2 Å². The van der Waals surface area contributed by atoms with Gasteiger partial charge in [-0.1, -0.05) is 18.5 Å². The molecule has 9 heteroatoms. The van der Waals surface area contributed by atoms with Crippen LogP contribution < -0.4 is 4.74 Å². The summed E-state index contributed by atoms with van der Waals surface area (Å²) in [5.41, 5.74) is 1.61. The molecule has 0 aromatic carbocycles. The number of alkyl halides is 2. The highest BCUT2D eigenvalue weighted by atomic mass is 35.5. The lowest BCUT2D eigenvalue weighted by atomic mass is 10.1. The Morgan fingerprint density at radius 3 is 2.59 bits per heavy atom. The third-order valence-corrected chi connectivity index (χ3v) is 3.04. The van der Waals surface area contributed by atoms with Crippen molar-refractivity contribution in [3.63, 3.8) is 0 Å². The van der Waals surface area contributed by atoms with Crippen molar-refractivity contribution in [2.75, 3.05) is 0 Å². The third-order valence-electron chi connectivity index (χ3n) is 2.64. The van der Waals surface area contributed by atoms with Gasteiger partial charge in [-0.15, -0.1) is 0 Å². The Hall–Kier alpha value is -2.31. The first-order valence-corrected chi connectivity index (χ1v) is 6.43. The molecule has 0 atom stereocenters. The number of rotatable bonds is 4. The molecule has 2 rings (SSSR count). The van der Waals surface area contributed by atoms with Crippen LogP contribution in [-0.2, 0) is 23.1 Å². The summed E-state index contributed by atoms with van der Waals surface area (Å²) in [6.45, 7) is -0.989. The van der Waals surface area contributed by atoms with E-state index in [1.165, 1.54) is 23.1 Å². The molecular formula is C13H12ClF2N3O3. The van der Waals surface area contributed by atoms with Crippen LogP contribution in [0.5, 0.6) is 5.75 Å². The van der Waals surface area contributed by atoms with Crippen LogP contribution in [0.15, 0.2) is 18.5 Å². The van der Waals surface area contributed by atoms with Crippen molar-refractivity contribution in [2.45, 2.75) is 20.0 Å². The average Bonchev–Trinajstić information content (AvgIpc) is 2.74. The van der Waals surface area contributed by atoms with E-state index in [-0.39, 0.29) is 11.9 Å². The van der Waals surface area contributed by atoms with E-state index < -0.39 is 6.61 Å². The van der Waals surface area contributed by atoms with E-state index in [1.54, 1.807) is 7.05 Å². The first kappa shape index (κ1) is 17.7. The van der Waals surface area contributed by atoms with E-state index in [2.05, 4.69) is 14.8 Å². The Morgan fingerprint density at radius 1 is 1.45 bits per heavy atom. The van der Waals surface area contributed by atoms with E-state index in [9.17, 15) is 8.78 Å². The van der Waals surface area contributed by atoms with Crippen LogP contribution in [0.25, 0.3) is 11.3 Å². The monoisotopic (exact) mass is 331 g/mol. The summed E-state index contributed by atoms with van der Waals surface area (Å²) in [5.74, 6) is 0.0255. The highest BCUT2D eigenvalue weighted by Gasteiger charge is 2.19. The molecule has 0 aliphatic rings. The van der Waals surface area contributed by atoms with Crippen molar-refractivity contribution in [1.29, 1.82) is 0 Å². The van der Waals surface area contributed by atoms with Crippen LogP contribution in [0.1, 0.15) is 12.6 Å². The van der Waals surface area contributed by atoms with Gasteiger partial charge in [-0.05, 0) is 12.5 Å². The highest BCUT2D eigenvalue weighted by molar-refractivity contribution is 6.33. The van der Waals surface area contributed by atoms with Gasteiger partial charge in [-0.3, -0.25) is 9.67 Å². The molecule has 0 amide bonds. The molecule has 0 bridgehead atoms. The Bertz CT molecular complexity index is 671. The maximum Gasteiger partial charge on any atom is 0.387 e. The van der Waals surface area contributed by atoms with Gasteiger partial charge in [0.1, 0.15) is 5.75 Å². The number of aromatic nitrogens is 3. The first-order chi connectivity index (χ1) is 10.5. The summed E-state index contributed by atoms with van der Waals surface area (Å²) in [5, 5.41) is 4.67. The van der Waals surface area contributed by atoms with E-state index in [0.717, 1.165) is 0 Å². The second kappa shape index (κ2) is 8.21. The maximum atomic E-state index is 12.4. The molecule has 2 aromatic rings. The van der Waals surface area contributed by atoms with Gasteiger partial charge in [-0.2, -0.15) is 23.5 Å². The molecule has 22 heavy (non-hydrogen) atoms. The molecule has 0 spiro atoms. The molecule has 0 aliphatic heterocycles. The molecule has 0 aliphatic carbocycles. The fourth-order valence-corrected chi connectivity index (χ4v) is 2.23. The number of hydrogen-bond donors (Lipinski definition) is 0. The van der Waals surface area contributed by atoms with E-state index in [1.807, 2.05) is 6.92 Å². The zero-order valence-corrected chi connectivity index (χ0v) is 12.5. The van der Waals surface area contributed by atoms with Crippen LogP contribution in [-0.4, -0.2) is 27.5 Å². The predicted molar refractivity (Wildman–Crippen MR) is 72.5 cm³/mol. The van der Waals surface area contributed by atoms with Gasteiger partial charge in [0.05, 0.1) is 22.0 Å². The van der Waals surface area contributed by atoms with E-state index >= 15 is 0 Å². The normalized spacial score (nSPS) is 9.91. The van der Waals surface area contributed by atoms with Gasteiger partial charge < -0.3 is 4.74 Å². The molecule has 0 unspecified atom stereocenters. The third kappa shape index (κ3) is 4.09. The van der Waals surface area contributed by atoms with Crippen LogP contribution in [0.3, 0.4) is 0 Å². The molecular weight excluding hydrogens is 320 g/mol. The number of ether oxygens (including phenoxy) is 1. The second-order valence-corrected chi connectivity index (χ2v) is 4.30. The standard InChI is InChI=1S/C12H12ClF2N3O.CO2/c1-3-8-10(13)11(18(2)17-8)7-6-16-5-4-9(7)19-12(14)15;2-1-3/h4-6,12H,3H2,1-2H3;. The van der Waals surface area contributed by atoms with Crippen LogP contribution in [0, 0.1) is 0 Å². The van der Waals surface area contributed by atoms with Crippen molar-refractivity contribution in [3.8, 4) is 17.0 Å². The minimum atomic E-state index is -2.90. The largest absolute Gasteiger partial charge is 0.434 e. The average molecular weight is 332 g/mol. The minimum Gasteiger partial charge on any atom is -0.434 e. The van der Waals surface area contributed by atoms with Gasteiger partial charge in [0.15, 0.2) is 0 Å². The molecule has 0 saturated carbocycles. The van der Waals surface area contributed by atoms with Gasteiger partial charge >= 0.3 is 12.8 Å². The van der Waals surface area contributed by atoms with Gasteiger partial charge in [0.2, 0.25) is 0 Å². The zero-order chi connectivity index (χ0) is 16.7. The number of halogens is 3. The van der Waals surface area contributed by atoms with E-state index in [0.29, 0.717) is 28.4 Å². The molecule has 0 radical (unpaired) electrons. The van der Waals surface area contributed by atoms with Crippen molar-refractivity contribution < 1.29 is 23.1 Å². The van der Waals surface area contributed by atoms with E-state index in [4.69, 9.17) is 21.2 Å². The smallest absolute Gasteiger partial charge is 0.387 e. The highest BCUT2D eigenvalue weighted by Crippen LogP contribution is 2.36. The van der Waals surface area contributed by atoms with Crippen molar-refractivity contribution in [2.24, 2.45) is 7.05 Å². The molecule has 0 fully saturated rings. The summed E-state index contributed by atoms with van der Waals surface area (Å²) in [6, 6.07) is 1.37. The van der Waals surface area contributed by atoms with Crippen molar-refractivity contribution in [1.82, 2.24) is 14.8 Å². The fourth-order valence-electron chi connectivity index (χ4n) is 1.83. The molecule has 118 valence electrons. The number of nitrogens with zero attached hydrogens (tertiary/aromatic N) is 3. The minimum absolute atomic E-state index is 0.0255. The summed E-state index contributed by atoms with van der Waals surface area (Å²) in [7, 11) is 1.69. The van der Waals surface area contributed by atoms with Crippen LogP contribution in [0.2, 0.25) is 5.02 Å². The Balaban J connectivity index is 0.000000745. The number of hydrogen-bond acceptors (Lipinski definition) is 5. The van der Waals surface area contributed by atoms with Gasteiger partial charge in [-0.25, -0.2) is 0 Å². The predicted octanol–water partition coefficient (Wildman–Crippen LogP) is 2.72. The summed E-state index contributed by atoms with van der Waals surface area (Å²) in [6.07, 6.45) is 3.71. The molecule has 6 nitrogen and oxygen atoms in total. The zero-order valence-electron chi connectivity index (χ0n) is 11.7. The quantitative estimate of drug-likeness (QED) is 0.861. The van der Waals surface area contributed by atoms with Gasteiger partial charge in [0, 0.05) is 19.4 Å². The SMILES string of the molecule is CCc1nn(C)c(-c2cnccc2OC(F)F)c1Cl.O=C=O. The second-order valence-electron chi connectivity index (χ2n) is 3.92. The molecule has 2 heterocycles.